The van der Waals surface area contributed by atoms with Crippen LogP contribution in [0, 0.1) is 5.82 Å². The summed E-state index contributed by atoms with van der Waals surface area (Å²) < 4.78 is 19.2. The van der Waals surface area contributed by atoms with E-state index < -0.39 is 23.8 Å². The Labute approximate surface area is 145 Å². The van der Waals surface area contributed by atoms with Gasteiger partial charge in [-0.2, -0.15) is 0 Å². The highest BCUT2D eigenvalue weighted by Crippen LogP contribution is 2.18. The lowest BCUT2D eigenvalue weighted by molar-refractivity contribution is -0.123. The van der Waals surface area contributed by atoms with Crippen LogP contribution in [0.25, 0.3) is 0 Å². The van der Waals surface area contributed by atoms with E-state index in [1.54, 1.807) is 24.3 Å². The first-order valence-electron chi connectivity index (χ1n) is 6.59. The highest BCUT2D eigenvalue weighted by atomic mass is 79.9. The van der Waals surface area contributed by atoms with Gasteiger partial charge in [-0.05, 0) is 43.3 Å². The van der Waals surface area contributed by atoms with Crippen LogP contribution in [-0.2, 0) is 9.53 Å². The molecule has 1 N–H and O–H groups in total. The Morgan fingerprint density at radius 1 is 1.26 bits per heavy atom. The van der Waals surface area contributed by atoms with Crippen molar-refractivity contribution in [1.29, 1.82) is 0 Å². The number of carbonyl (C=O) groups excluding carboxylic acids is 2. The van der Waals surface area contributed by atoms with E-state index in [-0.39, 0.29) is 5.56 Å². The van der Waals surface area contributed by atoms with Crippen molar-refractivity contribution < 1.29 is 18.7 Å². The van der Waals surface area contributed by atoms with E-state index >= 15 is 0 Å². The number of ether oxygens (including phenoxy) is 1. The Balaban J connectivity index is 2.01. The SMILES string of the molecule is C[C@H](OC(=O)c1ccc(Br)cc1F)C(=O)Nc1cccc(Cl)c1. The van der Waals surface area contributed by atoms with E-state index in [0.29, 0.717) is 15.2 Å². The van der Waals surface area contributed by atoms with Crippen molar-refractivity contribution in [3.05, 3.63) is 63.3 Å². The first kappa shape index (κ1) is 17.4. The number of nitrogens with one attached hydrogen (secondary N) is 1. The van der Waals surface area contributed by atoms with Gasteiger partial charge in [0.25, 0.3) is 5.91 Å². The van der Waals surface area contributed by atoms with Crippen LogP contribution in [0.5, 0.6) is 0 Å². The number of halogens is 3. The number of hydrogen-bond acceptors (Lipinski definition) is 3. The molecule has 0 bridgehead atoms. The zero-order valence-electron chi connectivity index (χ0n) is 12.0. The van der Waals surface area contributed by atoms with Crippen molar-refractivity contribution in [2.24, 2.45) is 0 Å². The predicted octanol–water partition coefficient (Wildman–Crippen LogP) is 4.43. The summed E-state index contributed by atoms with van der Waals surface area (Å²) in [6, 6.07) is 10.5. The number of carbonyl (C=O) groups is 2. The van der Waals surface area contributed by atoms with Gasteiger partial charge < -0.3 is 10.1 Å². The van der Waals surface area contributed by atoms with E-state index in [0.717, 1.165) is 6.07 Å². The quantitative estimate of drug-likeness (QED) is 0.773. The van der Waals surface area contributed by atoms with Crippen LogP contribution in [0.3, 0.4) is 0 Å². The molecular weight excluding hydrogens is 389 g/mol. The molecule has 23 heavy (non-hydrogen) atoms. The van der Waals surface area contributed by atoms with E-state index in [4.69, 9.17) is 16.3 Å². The normalized spacial score (nSPS) is 11.7. The van der Waals surface area contributed by atoms with Gasteiger partial charge in [0, 0.05) is 15.2 Å². The maximum Gasteiger partial charge on any atom is 0.341 e. The first-order valence-corrected chi connectivity index (χ1v) is 7.76. The van der Waals surface area contributed by atoms with Gasteiger partial charge in [-0.3, -0.25) is 4.79 Å². The summed E-state index contributed by atoms with van der Waals surface area (Å²) in [5.41, 5.74) is 0.232. The fraction of sp³-hybridized carbons (Fsp3) is 0.125. The summed E-state index contributed by atoms with van der Waals surface area (Å²) in [7, 11) is 0. The summed E-state index contributed by atoms with van der Waals surface area (Å²) in [5, 5.41) is 3.02. The van der Waals surface area contributed by atoms with Gasteiger partial charge in [-0.25, -0.2) is 9.18 Å². The van der Waals surface area contributed by atoms with Gasteiger partial charge in [0.2, 0.25) is 0 Å². The third-order valence-corrected chi connectivity index (χ3v) is 3.62. The molecule has 0 aliphatic carbocycles. The monoisotopic (exact) mass is 399 g/mol. The molecule has 4 nitrogen and oxygen atoms in total. The lowest BCUT2D eigenvalue weighted by atomic mass is 10.2. The van der Waals surface area contributed by atoms with Crippen LogP contribution >= 0.6 is 27.5 Å². The molecule has 1 amide bonds. The minimum Gasteiger partial charge on any atom is -0.449 e. The van der Waals surface area contributed by atoms with Crippen molar-refractivity contribution in [2.75, 3.05) is 5.32 Å². The zero-order chi connectivity index (χ0) is 17.0. The van der Waals surface area contributed by atoms with Crippen molar-refractivity contribution >= 4 is 45.1 Å². The summed E-state index contributed by atoms with van der Waals surface area (Å²) in [6.07, 6.45) is -1.09. The number of amides is 1. The molecule has 0 fully saturated rings. The molecule has 120 valence electrons. The van der Waals surface area contributed by atoms with E-state index in [1.165, 1.54) is 19.1 Å². The van der Waals surface area contributed by atoms with Crippen LogP contribution in [0.1, 0.15) is 17.3 Å². The average Bonchev–Trinajstić information content (AvgIpc) is 2.46. The van der Waals surface area contributed by atoms with E-state index in [9.17, 15) is 14.0 Å². The second-order valence-electron chi connectivity index (χ2n) is 4.67. The highest BCUT2D eigenvalue weighted by Gasteiger charge is 2.21. The van der Waals surface area contributed by atoms with E-state index in [2.05, 4.69) is 21.2 Å². The Morgan fingerprint density at radius 2 is 2.00 bits per heavy atom. The third kappa shape index (κ3) is 4.77. The molecule has 0 radical (unpaired) electrons. The topological polar surface area (TPSA) is 55.4 Å². The first-order chi connectivity index (χ1) is 10.9. The van der Waals surface area contributed by atoms with Crippen molar-refractivity contribution in [3.8, 4) is 0 Å². The lowest BCUT2D eigenvalue weighted by Crippen LogP contribution is -2.30. The van der Waals surface area contributed by atoms with Crippen LogP contribution in [-0.4, -0.2) is 18.0 Å². The summed E-state index contributed by atoms with van der Waals surface area (Å²) in [6.45, 7) is 1.40. The molecule has 7 heteroatoms. The van der Waals surface area contributed by atoms with Gasteiger partial charge >= 0.3 is 5.97 Å². The molecule has 0 aliphatic rings. The smallest absolute Gasteiger partial charge is 0.341 e. The molecular formula is C16H12BrClFNO3. The second-order valence-corrected chi connectivity index (χ2v) is 6.02. The second kappa shape index (κ2) is 7.57. The Bertz CT molecular complexity index is 754. The molecule has 0 unspecified atom stereocenters. The van der Waals surface area contributed by atoms with Gasteiger partial charge in [-0.1, -0.05) is 33.6 Å². The van der Waals surface area contributed by atoms with Crippen LogP contribution in [0.4, 0.5) is 10.1 Å². The van der Waals surface area contributed by atoms with Crippen molar-refractivity contribution in [3.63, 3.8) is 0 Å². The van der Waals surface area contributed by atoms with Crippen LogP contribution < -0.4 is 5.32 Å². The highest BCUT2D eigenvalue weighted by molar-refractivity contribution is 9.10. The minimum atomic E-state index is -1.09. The van der Waals surface area contributed by atoms with Crippen molar-refractivity contribution in [1.82, 2.24) is 0 Å². The standard InChI is InChI=1S/C16H12BrClFNO3/c1-9(15(21)20-12-4-2-3-11(18)8-12)23-16(22)13-6-5-10(17)7-14(13)19/h2-9H,1H3,(H,20,21)/t9-/m0/s1. The molecule has 2 aromatic carbocycles. The molecule has 0 spiro atoms. The Morgan fingerprint density at radius 3 is 2.65 bits per heavy atom. The summed E-state index contributed by atoms with van der Waals surface area (Å²) in [4.78, 5) is 23.9. The van der Waals surface area contributed by atoms with Crippen LogP contribution in [0.2, 0.25) is 5.02 Å². The molecule has 0 saturated carbocycles. The summed E-state index contributed by atoms with van der Waals surface area (Å²) >= 11 is 8.92. The maximum atomic E-state index is 13.7. The van der Waals surface area contributed by atoms with Gasteiger partial charge in [0.15, 0.2) is 6.10 Å². The van der Waals surface area contributed by atoms with Gasteiger partial charge in [-0.15, -0.1) is 0 Å². The van der Waals surface area contributed by atoms with Gasteiger partial charge in [0.05, 0.1) is 5.56 Å². The van der Waals surface area contributed by atoms with Crippen LogP contribution in [0.15, 0.2) is 46.9 Å². The van der Waals surface area contributed by atoms with E-state index in [1.807, 2.05) is 0 Å². The fourth-order valence-electron chi connectivity index (χ4n) is 1.74. The Hall–Kier alpha value is -1.92. The molecule has 0 saturated heterocycles. The van der Waals surface area contributed by atoms with Gasteiger partial charge in [0.1, 0.15) is 5.82 Å². The molecule has 0 aromatic heterocycles. The third-order valence-electron chi connectivity index (χ3n) is 2.90. The predicted molar refractivity (Wildman–Crippen MR) is 89.1 cm³/mol. The van der Waals surface area contributed by atoms with Crippen molar-refractivity contribution in [2.45, 2.75) is 13.0 Å². The molecule has 2 rings (SSSR count). The lowest BCUT2D eigenvalue weighted by Gasteiger charge is -2.14. The average molecular weight is 401 g/mol. The largest absolute Gasteiger partial charge is 0.449 e. The fourth-order valence-corrected chi connectivity index (χ4v) is 2.27. The minimum absolute atomic E-state index is 0.240. The molecule has 1 atom stereocenters. The zero-order valence-corrected chi connectivity index (χ0v) is 14.3. The number of anilines is 1. The summed E-state index contributed by atoms with van der Waals surface area (Å²) in [5.74, 6) is -2.19. The maximum absolute atomic E-state index is 13.7. The number of rotatable bonds is 4. The molecule has 2 aromatic rings. The number of esters is 1. The number of benzene rings is 2. The molecule has 0 aliphatic heterocycles. The Kier molecular flexibility index (Phi) is 5.74. The number of hydrogen-bond donors (Lipinski definition) is 1. The molecule has 0 heterocycles.